The number of thioether (sulfide) groups is 1. The summed E-state index contributed by atoms with van der Waals surface area (Å²) in [6.45, 7) is 3.77. The zero-order valence-electron chi connectivity index (χ0n) is 8.83. The van der Waals surface area contributed by atoms with Crippen molar-refractivity contribution < 1.29 is 8.78 Å². The normalized spacial score (nSPS) is 16.8. The van der Waals surface area contributed by atoms with Crippen LogP contribution in [0.3, 0.4) is 0 Å². The first-order valence-electron chi connectivity index (χ1n) is 5.26. The summed E-state index contributed by atoms with van der Waals surface area (Å²) in [6.07, 6.45) is 0. The highest BCUT2D eigenvalue weighted by atomic mass is 32.2. The van der Waals surface area contributed by atoms with E-state index in [0.717, 1.165) is 31.9 Å². The Labute approximate surface area is 98.0 Å². The van der Waals surface area contributed by atoms with Crippen LogP contribution in [0.1, 0.15) is 0 Å². The molecule has 0 aromatic heterocycles. The zero-order chi connectivity index (χ0) is 11.4. The van der Waals surface area contributed by atoms with Crippen molar-refractivity contribution in [2.75, 3.05) is 31.1 Å². The molecule has 0 amide bonds. The van der Waals surface area contributed by atoms with Gasteiger partial charge in [-0.25, -0.2) is 0 Å². The summed E-state index contributed by atoms with van der Waals surface area (Å²) < 4.78 is 24.5. The van der Waals surface area contributed by atoms with Gasteiger partial charge in [0.2, 0.25) is 0 Å². The standard InChI is InChI=1S/C11H14F2N2S/c12-11(13)16-10-3-1-2-9(8-10)15-6-4-14-5-7-15/h1-3,8,11,14H,4-7H2. The first-order chi connectivity index (χ1) is 7.75. The fourth-order valence-corrected chi connectivity index (χ4v) is 2.33. The van der Waals surface area contributed by atoms with E-state index in [-0.39, 0.29) is 0 Å². The molecular formula is C11H14F2N2S. The number of halogens is 2. The first kappa shape index (κ1) is 11.7. The number of nitrogens with one attached hydrogen (secondary N) is 1. The average Bonchev–Trinajstić information content (AvgIpc) is 2.30. The Morgan fingerprint density at radius 1 is 1.25 bits per heavy atom. The van der Waals surface area contributed by atoms with Crippen LogP contribution in [-0.4, -0.2) is 31.9 Å². The summed E-state index contributed by atoms with van der Waals surface area (Å²) >= 11 is 0.601. The van der Waals surface area contributed by atoms with Crippen LogP contribution in [0.4, 0.5) is 14.5 Å². The third kappa shape index (κ3) is 3.09. The number of rotatable bonds is 3. The second-order valence-electron chi connectivity index (χ2n) is 3.61. The molecule has 0 radical (unpaired) electrons. The molecule has 1 aromatic rings. The second kappa shape index (κ2) is 5.50. The van der Waals surface area contributed by atoms with Crippen molar-refractivity contribution in [2.45, 2.75) is 10.7 Å². The van der Waals surface area contributed by atoms with Gasteiger partial charge in [0, 0.05) is 36.8 Å². The second-order valence-corrected chi connectivity index (χ2v) is 4.68. The molecule has 0 bridgehead atoms. The van der Waals surface area contributed by atoms with Gasteiger partial charge in [-0.1, -0.05) is 17.8 Å². The highest BCUT2D eigenvalue weighted by molar-refractivity contribution is 7.99. The lowest BCUT2D eigenvalue weighted by Crippen LogP contribution is -2.43. The van der Waals surface area contributed by atoms with Gasteiger partial charge in [-0.3, -0.25) is 0 Å². The monoisotopic (exact) mass is 244 g/mol. The molecule has 16 heavy (non-hydrogen) atoms. The van der Waals surface area contributed by atoms with Crippen LogP contribution in [0.5, 0.6) is 0 Å². The van der Waals surface area contributed by atoms with Crippen LogP contribution < -0.4 is 10.2 Å². The molecule has 0 spiro atoms. The van der Waals surface area contributed by atoms with E-state index < -0.39 is 5.76 Å². The molecule has 1 heterocycles. The number of alkyl halides is 2. The summed E-state index contributed by atoms with van der Waals surface area (Å²) in [5.41, 5.74) is 1.03. The van der Waals surface area contributed by atoms with Crippen molar-refractivity contribution in [3.63, 3.8) is 0 Å². The minimum atomic E-state index is -2.35. The smallest absolute Gasteiger partial charge is 0.288 e. The van der Waals surface area contributed by atoms with Crippen molar-refractivity contribution in [3.8, 4) is 0 Å². The average molecular weight is 244 g/mol. The molecule has 1 fully saturated rings. The molecule has 0 saturated carbocycles. The Bertz CT molecular complexity index is 341. The van der Waals surface area contributed by atoms with Crippen LogP contribution in [0.25, 0.3) is 0 Å². The lowest BCUT2D eigenvalue weighted by atomic mass is 10.2. The summed E-state index contributed by atoms with van der Waals surface area (Å²) in [5.74, 6) is -2.35. The minimum Gasteiger partial charge on any atom is -0.369 e. The fourth-order valence-electron chi connectivity index (χ4n) is 1.78. The van der Waals surface area contributed by atoms with Crippen molar-refractivity contribution in [2.24, 2.45) is 0 Å². The SMILES string of the molecule is FC(F)Sc1cccc(N2CCNCC2)c1. The summed E-state index contributed by atoms with van der Waals surface area (Å²) in [6, 6.07) is 7.37. The third-order valence-electron chi connectivity index (χ3n) is 2.52. The van der Waals surface area contributed by atoms with E-state index in [9.17, 15) is 8.78 Å². The molecule has 88 valence electrons. The molecule has 1 N–H and O–H groups in total. The summed E-state index contributed by atoms with van der Waals surface area (Å²) in [4.78, 5) is 2.84. The molecule has 1 aromatic carbocycles. The van der Waals surface area contributed by atoms with E-state index in [4.69, 9.17) is 0 Å². The van der Waals surface area contributed by atoms with Crippen LogP contribution >= 0.6 is 11.8 Å². The number of anilines is 1. The van der Waals surface area contributed by atoms with Gasteiger partial charge in [0.15, 0.2) is 0 Å². The maximum Gasteiger partial charge on any atom is 0.288 e. The molecule has 5 heteroatoms. The number of hydrogen-bond acceptors (Lipinski definition) is 3. The van der Waals surface area contributed by atoms with E-state index >= 15 is 0 Å². The molecule has 1 aliphatic heterocycles. The maximum absolute atomic E-state index is 12.2. The van der Waals surface area contributed by atoms with Gasteiger partial charge in [0.1, 0.15) is 0 Å². The molecule has 0 atom stereocenters. The van der Waals surface area contributed by atoms with E-state index in [1.54, 1.807) is 6.07 Å². The molecular weight excluding hydrogens is 230 g/mol. The molecule has 1 saturated heterocycles. The van der Waals surface area contributed by atoms with Gasteiger partial charge in [-0.2, -0.15) is 8.78 Å². The zero-order valence-corrected chi connectivity index (χ0v) is 9.64. The van der Waals surface area contributed by atoms with Gasteiger partial charge in [0.05, 0.1) is 0 Å². The number of benzene rings is 1. The maximum atomic E-state index is 12.2. The predicted octanol–water partition coefficient (Wildman–Crippen LogP) is 2.41. The fraction of sp³-hybridized carbons (Fsp3) is 0.455. The lowest BCUT2D eigenvalue weighted by Gasteiger charge is -2.29. The largest absolute Gasteiger partial charge is 0.369 e. The van der Waals surface area contributed by atoms with E-state index in [2.05, 4.69) is 10.2 Å². The van der Waals surface area contributed by atoms with Crippen LogP contribution in [0.2, 0.25) is 0 Å². The molecule has 0 aliphatic carbocycles. The van der Waals surface area contributed by atoms with E-state index in [0.29, 0.717) is 16.7 Å². The summed E-state index contributed by atoms with van der Waals surface area (Å²) in [5, 5.41) is 3.26. The summed E-state index contributed by atoms with van der Waals surface area (Å²) in [7, 11) is 0. The third-order valence-corrected chi connectivity index (χ3v) is 3.23. The molecule has 2 nitrogen and oxygen atoms in total. The van der Waals surface area contributed by atoms with Crippen molar-refractivity contribution in [3.05, 3.63) is 24.3 Å². The van der Waals surface area contributed by atoms with Crippen molar-refractivity contribution >= 4 is 17.4 Å². The van der Waals surface area contributed by atoms with Crippen LogP contribution in [0, 0.1) is 0 Å². The van der Waals surface area contributed by atoms with Crippen LogP contribution in [0.15, 0.2) is 29.2 Å². The minimum absolute atomic E-state index is 0.601. The molecule has 0 unspecified atom stereocenters. The van der Waals surface area contributed by atoms with Crippen molar-refractivity contribution in [1.29, 1.82) is 0 Å². The topological polar surface area (TPSA) is 15.3 Å². The predicted molar refractivity (Wildman–Crippen MR) is 63.4 cm³/mol. The number of hydrogen-bond donors (Lipinski definition) is 1. The van der Waals surface area contributed by atoms with Gasteiger partial charge >= 0.3 is 0 Å². The quantitative estimate of drug-likeness (QED) is 0.822. The van der Waals surface area contributed by atoms with E-state index in [1.165, 1.54) is 0 Å². The van der Waals surface area contributed by atoms with Gasteiger partial charge in [0.25, 0.3) is 5.76 Å². The Morgan fingerprint density at radius 2 is 2.00 bits per heavy atom. The van der Waals surface area contributed by atoms with E-state index in [1.807, 2.05) is 18.2 Å². The number of piperazine rings is 1. The highest BCUT2D eigenvalue weighted by Crippen LogP contribution is 2.28. The van der Waals surface area contributed by atoms with Gasteiger partial charge in [-0.05, 0) is 18.2 Å². The highest BCUT2D eigenvalue weighted by Gasteiger charge is 2.12. The Kier molecular flexibility index (Phi) is 4.01. The Morgan fingerprint density at radius 3 is 2.69 bits per heavy atom. The number of nitrogens with zero attached hydrogens (tertiary/aromatic N) is 1. The van der Waals surface area contributed by atoms with Gasteiger partial charge in [-0.15, -0.1) is 0 Å². The molecule has 2 rings (SSSR count). The Balaban J connectivity index is 2.08. The van der Waals surface area contributed by atoms with Gasteiger partial charge < -0.3 is 10.2 Å². The lowest BCUT2D eigenvalue weighted by molar-refractivity contribution is 0.252. The first-order valence-corrected chi connectivity index (χ1v) is 6.14. The Hall–Kier alpha value is -0.810. The van der Waals surface area contributed by atoms with Crippen LogP contribution in [-0.2, 0) is 0 Å². The molecule has 1 aliphatic rings. The van der Waals surface area contributed by atoms with Crippen molar-refractivity contribution in [1.82, 2.24) is 5.32 Å².